The molecule has 224 valence electrons. The molecule has 4 aromatic rings. The molecule has 0 bridgehead atoms. The lowest BCUT2D eigenvalue weighted by Gasteiger charge is -2.37. The summed E-state index contributed by atoms with van der Waals surface area (Å²) in [5.74, 6) is 0.261. The molecule has 2 aromatic heterocycles. The quantitative estimate of drug-likeness (QED) is 0.263. The van der Waals surface area contributed by atoms with Crippen molar-refractivity contribution in [2.75, 3.05) is 19.8 Å². The van der Waals surface area contributed by atoms with Crippen molar-refractivity contribution >= 4 is 5.97 Å². The predicted molar refractivity (Wildman–Crippen MR) is 163 cm³/mol. The van der Waals surface area contributed by atoms with Crippen molar-refractivity contribution in [3.8, 4) is 28.7 Å². The van der Waals surface area contributed by atoms with Crippen molar-refractivity contribution in [1.82, 2.24) is 19.7 Å². The number of aromatic carboxylic acids is 1. The van der Waals surface area contributed by atoms with Gasteiger partial charge in [0.25, 0.3) is 0 Å². The molecule has 4 heterocycles. The Morgan fingerprint density at radius 3 is 2.79 bits per heavy atom. The van der Waals surface area contributed by atoms with E-state index in [0.717, 1.165) is 61.6 Å². The Kier molecular flexibility index (Phi) is 8.44. The number of fused-ring (bicyclic) bond motifs is 1. The molecule has 0 radical (unpaired) electrons. The van der Waals surface area contributed by atoms with E-state index in [0.29, 0.717) is 24.2 Å². The van der Waals surface area contributed by atoms with E-state index >= 15 is 0 Å². The minimum absolute atomic E-state index is 0.0127. The minimum Gasteiger partial charge on any atom is -0.488 e. The summed E-state index contributed by atoms with van der Waals surface area (Å²) >= 11 is 0. The van der Waals surface area contributed by atoms with Gasteiger partial charge in [-0.1, -0.05) is 36.4 Å². The highest BCUT2D eigenvalue weighted by atomic mass is 16.5. The number of ether oxygens (including phenoxy) is 3. The molecule has 2 aliphatic rings. The fraction of sp³-hybridized carbons (Fsp3) is 0.382. The molecule has 0 unspecified atom stereocenters. The van der Waals surface area contributed by atoms with Gasteiger partial charge in [-0.05, 0) is 80.5 Å². The standard InChI is InChI=1S/C34H38N4O5/c1-22(2)43-33-29(34(39)40)18-35-38(33)31-11-5-10-30(36-31)28-9-4-7-23(3)32(28)42-20-24-12-13-26-19-37(15-14-25(26)17-24)27-8-6-16-41-21-27/h4-5,7,9-13,17-18,22,27H,6,8,14-16,19-21H2,1-3H3,(H,39,40)/t27-/m0/s1. The fourth-order valence-electron chi connectivity index (χ4n) is 5.92. The Morgan fingerprint density at radius 1 is 1.14 bits per heavy atom. The molecular formula is C34H38N4O5. The second-order valence-corrected chi connectivity index (χ2v) is 11.6. The lowest BCUT2D eigenvalue weighted by Crippen LogP contribution is -2.43. The molecule has 1 saturated heterocycles. The number of carboxylic acids is 1. The van der Waals surface area contributed by atoms with Gasteiger partial charge in [-0.25, -0.2) is 9.78 Å². The normalized spacial score (nSPS) is 17.1. The first-order valence-electron chi connectivity index (χ1n) is 15.0. The van der Waals surface area contributed by atoms with Crippen LogP contribution in [0.1, 0.15) is 59.3 Å². The van der Waals surface area contributed by atoms with Crippen LogP contribution in [-0.4, -0.2) is 62.6 Å². The lowest BCUT2D eigenvalue weighted by atomic mass is 9.95. The van der Waals surface area contributed by atoms with Gasteiger partial charge >= 0.3 is 5.97 Å². The summed E-state index contributed by atoms with van der Waals surface area (Å²) in [6.07, 6.45) is 4.45. The third kappa shape index (κ3) is 6.28. The van der Waals surface area contributed by atoms with E-state index in [4.69, 9.17) is 19.2 Å². The van der Waals surface area contributed by atoms with Crippen LogP contribution in [0.3, 0.4) is 0 Å². The highest BCUT2D eigenvalue weighted by molar-refractivity contribution is 5.90. The van der Waals surface area contributed by atoms with E-state index in [1.165, 1.54) is 28.4 Å². The summed E-state index contributed by atoms with van der Waals surface area (Å²) < 4.78 is 19.5. The molecule has 9 nitrogen and oxygen atoms in total. The predicted octanol–water partition coefficient (Wildman–Crippen LogP) is 5.84. The van der Waals surface area contributed by atoms with Crippen molar-refractivity contribution in [3.63, 3.8) is 0 Å². The molecule has 1 fully saturated rings. The highest BCUT2D eigenvalue weighted by Gasteiger charge is 2.26. The van der Waals surface area contributed by atoms with Crippen LogP contribution in [0, 0.1) is 6.92 Å². The van der Waals surface area contributed by atoms with Crippen molar-refractivity contribution in [2.45, 2.75) is 65.3 Å². The summed E-state index contributed by atoms with van der Waals surface area (Å²) in [6, 6.07) is 18.8. The van der Waals surface area contributed by atoms with Crippen molar-refractivity contribution in [3.05, 3.63) is 88.6 Å². The number of benzene rings is 2. The van der Waals surface area contributed by atoms with E-state index in [2.05, 4.69) is 28.2 Å². The third-order valence-corrected chi connectivity index (χ3v) is 8.09. The van der Waals surface area contributed by atoms with Crippen LogP contribution >= 0.6 is 0 Å². The smallest absolute Gasteiger partial charge is 0.342 e. The maximum Gasteiger partial charge on any atom is 0.342 e. The van der Waals surface area contributed by atoms with Crippen LogP contribution in [0.25, 0.3) is 17.1 Å². The Bertz CT molecular complexity index is 1610. The molecule has 0 saturated carbocycles. The molecule has 43 heavy (non-hydrogen) atoms. The number of pyridine rings is 1. The topological polar surface area (TPSA) is 98.9 Å². The number of hydrogen-bond acceptors (Lipinski definition) is 7. The van der Waals surface area contributed by atoms with Crippen LogP contribution in [0.5, 0.6) is 11.6 Å². The SMILES string of the molecule is Cc1cccc(-c2cccc(-n3ncc(C(=O)O)c3OC(C)C)n2)c1OCc1ccc2c(c1)CCN([C@H]1CCCOC1)C2. The average molecular weight is 583 g/mol. The lowest BCUT2D eigenvalue weighted by molar-refractivity contribution is 0.0125. The van der Waals surface area contributed by atoms with Gasteiger partial charge in [0, 0.05) is 31.3 Å². The molecule has 6 rings (SSSR count). The highest BCUT2D eigenvalue weighted by Crippen LogP contribution is 2.34. The van der Waals surface area contributed by atoms with Gasteiger partial charge < -0.3 is 19.3 Å². The second-order valence-electron chi connectivity index (χ2n) is 11.6. The van der Waals surface area contributed by atoms with Crippen LogP contribution in [-0.2, 0) is 24.3 Å². The molecule has 0 aliphatic carbocycles. The Morgan fingerprint density at radius 2 is 2.00 bits per heavy atom. The van der Waals surface area contributed by atoms with E-state index in [-0.39, 0.29) is 17.5 Å². The maximum atomic E-state index is 11.8. The number of aryl methyl sites for hydroxylation is 1. The van der Waals surface area contributed by atoms with Crippen LogP contribution in [0.15, 0.2) is 60.8 Å². The zero-order chi connectivity index (χ0) is 29.9. The third-order valence-electron chi connectivity index (χ3n) is 8.09. The van der Waals surface area contributed by atoms with Gasteiger partial charge in [0.1, 0.15) is 17.9 Å². The van der Waals surface area contributed by atoms with Crippen LogP contribution < -0.4 is 9.47 Å². The summed E-state index contributed by atoms with van der Waals surface area (Å²) in [5, 5.41) is 13.9. The molecule has 2 aliphatic heterocycles. The summed E-state index contributed by atoms with van der Waals surface area (Å²) in [5.41, 5.74) is 6.46. The molecule has 0 spiro atoms. The molecule has 0 amide bonds. The van der Waals surface area contributed by atoms with Gasteiger partial charge in [-0.3, -0.25) is 4.90 Å². The van der Waals surface area contributed by atoms with E-state index < -0.39 is 5.97 Å². The van der Waals surface area contributed by atoms with Crippen molar-refractivity contribution in [1.29, 1.82) is 0 Å². The van der Waals surface area contributed by atoms with Crippen LogP contribution in [0.2, 0.25) is 0 Å². The Hall–Kier alpha value is -4.21. The molecule has 9 heteroatoms. The first-order chi connectivity index (χ1) is 20.9. The van der Waals surface area contributed by atoms with Crippen LogP contribution in [0.4, 0.5) is 0 Å². The number of aromatic nitrogens is 3. The van der Waals surface area contributed by atoms with E-state index in [1.807, 2.05) is 51.1 Å². The molecular weight excluding hydrogens is 544 g/mol. The number of nitrogens with zero attached hydrogens (tertiary/aromatic N) is 4. The fourth-order valence-corrected chi connectivity index (χ4v) is 5.92. The monoisotopic (exact) mass is 582 g/mol. The van der Waals surface area contributed by atoms with E-state index in [9.17, 15) is 9.90 Å². The molecule has 1 N–H and O–H groups in total. The zero-order valence-electron chi connectivity index (χ0n) is 25.0. The number of carbonyl (C=O) groups is 1. The number of rotatable bonds is 9. The van der Waals surface area contributed by atoms with Gasteiger partial charge in [0.15, 0.2) is 5.82 Å². The first kappa shape index (κ1) is 28.9. The van der Waals surface area contributed by atoms with Gasteiger partial charge in [-0.2, -0.15) is 9.78 Å². The van der Waals surface area contributed by atoms with Gasteiger partial charge in [0.05, 0.1) is 24.6 Å². The molecule has 2 aromatic carbocycles. The second kappa shape index (κ2) is 12.6. The first-order valence-corrected chi connectivity index (χ1v) is 15.0. The largest absolute Gasteiger partial charge is 0.488 e. The van der Waals surface area contributed by atoms with Gasteiger partial charge in [0.2, 0.25) is 5.88 Å². The number of para-hydroxylation sites is 1. The van der Waals surface area contributed by atoms with Crippen molar-refractivity contribution in [2.24, 2.45) is 0 Å². The summed E-state index contributed by atoms with van der Waals surface area (Å²) in [4.78, 5) is 19.2. The Balaban J connectivity index is 1.22. The van der Waals surface area contributed by atoms with E-state index in [1.54, 1.807) is 6.07 Å². The number of carboxylic acid groups (broad SMARTS) is 1. The zero-order valence-corrected chi connectivity index (χ0v) is 25.0. The minimum atomic E-state index is -1.11. The number of hydrogen-bond donors (Lipinski definition) is 1. The maximum absolute atomic E-state index is 11.8. The summed E-state index contributed by atoms with van der Waals surface area (Å²) in [6.45, 7) is 9.92. The van der Waals surface area contributed by atoms with Gasteiger partial charge in [-0.15, -0.1) is 0 Å². The average Bonchev–Trinajstić information content (AvgIpc) is 3.43. The summed E-state index contributed by atoms with van der Waals surface area (Å²) in [7, 11) is 0. The Labute approximate surface area is 252 Å². The molecule has 1 atom stereocenters. The van der Waals surface area contributed by atoms with Crippen molar-refractivity contribution < 1.29 is 24.1 Å².